The van der Waals surface area contributed by atoms with Gasteiger partial charge in [-0.2, -0.15) is 0 Å². The molecule has 0 heterocycles. The van der Waals surface area contributed by atoms with E-state index in [9.17, 15) is 9.59 Å². The van der Waals surface area contributed by atoms with Gasteiger partial charge in [-0.1, -0.05) is 19.9 Å². The highest BCUT2D eigenvalue weighted by Crippen LogP contribution is 2.20. The molecule has 0 aliphatic rings. The fourth-order valence-corrected chi connectivity index (χ4v) is 1.96. The number of carboxylic acid groups (broad SMARTS) is 1. The van der Waals surface area contributed by atoms with Crippen LogP contribution in [0.15, 0.2) is 18.2 Å². The lowest BCUT2D eigenvalue weighted by atomic mass is 10.1. The van der Waals surface area contributed by atoms with Crippen LogP contribution in [0.1, 0.15) is 29.8 Å². The van der Waals surface area contributed by atoms with E-state index in [1.807, 2.05) is 20.8 Å². The number of carboxylic acids is 1. The van der Waals surface area contributed by atoms with Gasteiger partial charge in [0.25, 0.3) is 5.91 Å². The lowest BCUT2D eigenvalue weighted by molar-refractivity contribution is -0.137. The topological polar surface area (TPSA) is 66.8 Å². The second-order valence-electron chi connectivity index (χ2n) is 5.16. The van der Waals surface area contributed by atoms with Crippen LogP contribution in [0.2, 0.25) is 0 Å². The predicted molar refractivity (Wildman–Crippen MR) is 76.1 cm³/mol. The van der Waals surface area contributed by atoms with Crippen molar-refractivity contribution in [3.8, 4) is 5.75 Å². The molecule has 0 bridgehead atoms. The summed E-state index contributed by atoms with van der Waals surface area (Å²) < 4.78 is 5.19. The first-order chi connectivity index (χ1) is 9.35. The van der Waals surface area contributed by atoms with Crippen molar-refractivity contribution in [2.24, 2.45) is 5.92 Å². The Kier molecular flexibility index (Phi) is 5.55. The molecule has 0 fully saturated rings. The summed E-state index contributed by atoms with van der Waals surface area (Å²) in [7, 11) is 1.54. The molecule has 110 valence electrons. The molecule has 1 N–H and O–H groups in total. The largest absolute Gasteiger partial charge is 0.496 e. The molecule has 0 aliphatic heterocycles. The zero-order valence-corrected chi connectivity index (χ0v) is 12.3. The SMILES string of the molecule is COc1cc(C(=O)N(CC(=O)O)CC(C)C)ccc1C. The molecule has 1 aromatic rings. The second kappa shape index (κ2) is 6.93. The summed E-state index contributed by atoms with van der Waals surface area (Å²) in [6.45, 7) is 5.88. The van der Waals surface area contributed by atoms with Gasteiger partial charge in [-0.25, -0.2) is 0 Å². The van der Waals surface area contributed by atoms with Crippen LogP contribution >= 0.6 is 0 Å². The molecule has 0 atom stereocenters. The molecule has 1 aromatic carbocycles. The van der Waals surface area contributed by atoms with Crippen molar-refractivity contribution < 1.29 is 19.4 Å². The van der Waals surface area contributed by atoms with Crippen molar-refractivity contribution in [1.82, 2.24) is 4.90 Å². The third-order valence-electron chi connectivity index (χ3n) is 2.85. The van der Waals surface area contributed by atoms with E-state index in [0.717, 1.165) is 5.56 Å². The minimum absolute atomic E-state index is 0.200. The molecule has 0 aromatic heterocycles. The van der Waals surface area contributed by atoms with Crippen molar-refractivity contribution in [2.75, 3.05) is 20.2 Å². The average Bonchev–Trinajstić information content (AvgIpc) is 2.36. The zero-order valence-electron chi connectivity index (χ0n) is 12.3. The van der Waals surface area contributed by atoms with Crippen LogP contribution in [0.25, 0.3) is 0 Å². The van der Waals surface area contributed by atoms with Crippen LogP contribution in [-0.2, 0) is 4.79 Å². The highest BCUT2D eigenvalue weighted by Gasteiger charge is 2.20. The number of carbonyl (C=O) groups is 2. The van der Waals surface area contributed by atoms with Gasteiger partial charge in [-0.05, 0) is 30.5 Å². The normalized spacial score (nSPS) is 10.4. The van der Waals surface area contributed by atoms with Crippen LogP contribution in [0.5, 0.6) is 5.75 Å². The Balaban J connectivity index is 3.01. The molecule has 5 heteroatoms. The van der Waals surface area contributed by atoms with E-state index in [4.69, 9.17) is 9.84 Å². The van der Waals surface area contributed by atoms with E-state index in [0.29, 0.717) is 17.9 Å². The van der Waals surface area contributed by atoms with E-state index in [-0.39, 0.29) is 18.4 Å². The lowest BCUT2D eigenvalue weighted by Crippen LogP contribution is -2.38. The third kappa shape index (κ3) is 4.26. The van der Waals surface area contributed by atoms with Gasteiger partial charge < -0.3 is 14.7 Å². The molecule has 0 aliphatic carbocycles. The summed E-state index contributed by atoms with van der Waals surface area (Å²) in [4.78, 5) is 24.6. The highest BCUT2D eigenvalue weighted by molar-refractivity contribution is 5.96. The second-order valence-corrected chi connectivity index (χ2v) is 5.16. The number of carbonyl (C=O) groups excluding carboxylic acids is 1. The molecule has 0 saturated heterocycles. The number of amides is 1. The van der Waals surface area contributed by atoms with Crippen molar-refractivity contribution >= 4 is 11.9 Å². The first-order valence-corrected chi connectivity index (χ1v) is 6.50. The van der Waals surface area contributed by atoms with Gasteiger partial charge in [0.15, 0.2) is 0 Å². The number of hydrogen-bond acceptors (Lipinski definition) is 3. The van der Waals surface area contributed by atoms with Gasteiger partial charge in [-0.3, -0.25) is 9.59 Å². The summed E-state index contributed by atoms with van der Waals surface area (Å²) >= 11 is 0. The number of hydrogen-bond donors (Lipinski definition) is 1. The molecule has 0 saturated carbocycles. The maximum atomic E-state index is 12.4. The predicted octanol–water partition coefficient (Wildman–Crippen LogP) is 2.19. The molecule has 0 unspecified atom stereocenters. The third-order valence-corrected chi connectivity index (χ3v) is 2.85. The lowest BCUT2D eigenvalue weighted by Gasteiger charge is -2.23. The molecule has 0 spiro atoms. The fraction of sp³-hybridized carbons (Fsp3) is 0.467. The number of rotatable bonds is 6. The van der Waals surface area contributed by atoms with E-state index in [1.165, 1.54) is 4.90 Å². The molecule has 1 amide bonds. The van der Waals surface area contributed by atoms with E-state index < -0.39 is 5.97 Å². The first-order valence-electron chi connectivity index (χ1n) is 6.50. The maximum Gasteiger partial charge on any atom is 0.323 e. The molecule has 1 rings (SSSR count). The average molecular weight is 279 g/mol. The van der Waals surface area contributed by atoms with Crippen molar-refractivity contribution in [3.05, 3.63) is 29.3 Å². The Morgan fingerprint density at radius 2 is 2.00 bits per heavy atom. The van der Waals surface area contributed by atoms with Crippen LogP contribution in [0.4, 0.5) is 0 Å². The standard InChI is InChI=1S/C15H21NO4/c1-10(2)8-16(9-14(17)18)15(19)12-6-5-11(3)13(7-12)20-4/h5-7,10H,8-9H2,1-4H3,(H,17,18). The Bertz CT molecular complexity index is 497. The van der Waals surface area contributed by atoms with Gasteiger partial charge in [-0.15, -0.1) is 0 Å². The number of ether oxygens (including phenoxy) is 1. The number of aliphatic carboxylic acids is 1. The van der Waals surface area contributed by atoms with Crippen molar-refractivity contribution in [3.63, 3.8) is 0 Å². The fourth-order valence-electron chi connectivity index (χ4n) is 1.96. The Labute approximate surface area is 119 Å². The van der Waals surface area contributed by atoms with Gasteiger partial charge in [0, 0.05) is 12.1 Å². The van der Waals surface area contributed by atoms with Crippen LogP contribution in [0, 0.1) is 12.8 Å². The minimum atomic E-state index is -1.02. The summed E-state index contributed by atoms with van der Waals surface area (Å²) in [6, 6.07) is 5.13. The maximum absolute atomic E-state index is 12.4. The molecular formula is C15H21NO4. The van der Waals surface area contributed by atoms with Crippen LogP contribution in [0.3, 0.4) is 0 Å². The number of nitrogens with zero attached hydrogens (tertiary/aromatic N) is 1. The van der Waals surface area contributed by atoms with E-state index in [1.54, 1.807) is 25.3 Å². The Morgan fingerprint density at radius 1 is 1.35 bits per heavy atom. The molecular weight excluding hydrogens is 258 g/mol. The zero-order chi connectivity index (χ0) is 15.3. The highest BCUT2D eigenvalue weighted by atomic mass is 16.5. The summed E-state index contributed by atoms with van der Waals surface area (Å²) in [6.07, 6.45) is 0. The summed E-state index contributed by atoms with van der Waals surface area (Å²) in [5, 5.41) is 8.92. The summed E-state index contributed by atoms with van der Waals surface area (Å²) in [5.41, 5.74) is 1.37. The monoisotopic (exact) mass is 279 g/mol. The minimum Gasteiger partial charge on any atom is -0.496 e. The number of methoxy groups -OCH3 is 1. The Morgan fingerprint density at radius 3 is 2.50 bits per heavy atom. The molecule has 0 radical (unpaired) electrons. The quantitative estimate of drug-likeness (QED) is 0.866. The van der Waals surface area contributed by atoms with E-state index in [2.05, 4.69) is 0 Å². The van der Waals surface area contributed by atoms with Gasteiger partial charge in [0.1, 0.15) is 12.3 Å². The van der Waals surface area contributed by atoms with Crippen LogP contribution in [-0.4, -0.2) is 42.1 Å². The Hall–Kier alpha value is -2.04. The van der Waals surface area contributed by atoms with Crippen LogP contribution < -0.4 is 4.74 Å². The van der Waals surface area contributed by atoms with Gasteiger partial charge in [0.2, 0.25) is 0 Å². The van der Waals surface area contributed by atoms with Crippen molar-refractivity contribution in [2.45, 2.75) is 20.8 Å². The smallest absolute Gasteiger partial charge is 0.323 e. The number of benzene rings is 1. The molecule has 5 nitrogen and oxygen atoms in total. The molecule has 20 heavy (non-hydrogen) atoms. The van der Waals surface area contributed by atoms with Gasteiger partial charge >= 0.3 is 5.97 Å². The van der Waals surface area contributed by atoms with Crippen molar-refractivity contribution in [1.29, 1.82) is 0 Å². The van der Waals surface area contributed by atoms with E-state index >= 15 is 0 Å². The number of aryl methyl sites for hydroxylation is 1. The first kappa shape index (κ1) is 16.0. The summed E-state index contributed by atoms with van der Waals surface area (Å²) in [5.74, 6) is -0.487. The van der Waals surface area contributed by atoms with Gasteiger partial charge in [0.05, 0.1) is 7.11 Å².